The first-order chi connectivity index (χ1) is 6.69. The standard InChI is InChI=1S/C10H18N2S2/c1-7-8(2)14-10(12-7)9(11-3)5-6-13-4/h9,11H,5-6H2,1-4H3. The summed E-state index contributed by atoms with van der Waals surface area (Å²) < 4.78 is 0. The molecule has 0 aromatic carbocycles. The van der Waals surface area contributed by atoms with E-state index in [0.29, 0.717) is 6.04 Å². The van der Waals surface area contributed by atoms with E-state index in [1.54, 1.807) is 0 Å². The Balaban J connectivity index is 2.68. The van der Waals surface area contributed by atoms with Crippen molar-refractivity contribution in [3.63, 3.8) is 0 Å². The largest absolute Gasteiger partial charge is 0.311 e. The van der Waals surface area contributed by atoms with Crippen LogP contribution >= 0.6 is 23.1 Å². The van der Waals surface area contributed by atoms with Gasteiger partial charge in [0, 0.05) is 4.88 Å². The summed E-state index contributed by atoms with van der Waals surface area (Å²) in [5, 5.41) is 4.56. The summed E-state index contributed by atoms with van der Waals surface area (Å²) in [6.07, 6.45) is 3.30. The van der Waals surface area contributed by atoms with E-state index in [1.807, 2.05) is 30.1 Å². The SMILES string of the molecule is CNC(CCSC)c1nc(C)c(C)s1. The average Bonchev–Trinajstić information content (AvgIpc) is 2.48. The van der Waals surface area contributed by atoms with Crippen LogP contribution in [0, 0.1) is 13.8 Å². The summed E-state index contributed by atoms with van der Waals surface area (Å²) in [4.78, 5) is 5.92. The van der Waals surface area contributed by atoms with Crippen molar-refractivity contribution in [1.29, 1.82) is 0 Å². The van der Waals surface area contributed by atoms with Gasteiger partial charge in [-0.2, -0.15) is 11.8 Å². The van der Waals surface area contributed by atoms with E-state index in [2.05, 4.69) is 30.4 Å². The van der Waals surface area contributed by atoms with E-state index < -0.39 is 0 Å². The molecule has 1 rings (SSSR count). The minimum atomic E-state index is 0.430. The van der Waals surface area contributed by atoms with E-state index in [9.17, 15) is 0 Å². The Labute approximate surface area is 94.5 Å². The van der Waals surface area contributed by atoms with Crippen LogP contribution in [0.4, 0.5) is 0 Å². The predicted molar refractivity (Wildman–Crippen MR) is 66.4 cm³/mol. The smallest absolute Gasteiger partial charge is 0.110 e. The highest BCUT2D eigenvalue weighted by molar-refractivity contribution is 7.98. The molecule has 0 fully saturated rings. The third-order valence-electron chi connectivity index (χ3n) is 2.30. The van der Waals surface area contributed by atoms with Crippen molar-refractivity contribution in [1.82, 2.24) is 10.3 Å². The second-order valence-electron chi connectivity index (χ2n) is 3.32. The molecule has 14 heavy (non-hydrogen) atoms. The maximum Gasteiger partial charge on any atom is 0.110 e. The number of thioether (sulfide) groups is 1. The molecule has 0 aliphatic rings. The van der Waals surface area contributed by atoms with E-state index in [-0.39, 0.29) is 0 Å². The molecular weight excluding hydrogens is 212 g/mol. The van der Waals surface area contributed by atoms with Crippen LogP contribution in [0.15, 0.2) is 0 Å². The molecule has 1 N–H and O–H groups in total. The Hall–Kier alpha value is -0.0600. The summed E-state index contributed by atoms with van der Waals surface area (Å²) >= 11 is 3.70. The lowest BCUT2D eigenvalue weighted by molar-refractivity contribution is 0.577. The number of nitrogens with zero attached hydrogens (tertiary/aromatic N) is 1. The van der Waals surface area contributed by atoms with Crippen LogP contribution in [0.1, 0.15) is 28.0 Å². The van der Waals surface area contributed by atoms with Crippen molar-refractivity contribution in [3.8, 4) is 0 Å². The van der Waals surface area contributed by atoms with Gasteiger partial charge in [0.15, 0.2) is 0 Å². The Morgan fingerprint density at radius 2 is 2.21 bits per heavy atom. The number of nitrogens with one attached hydrogen (secondary N) is 1. The Bertz CT molecular complexity index is 264. The molecule has 0 saturated carbocycles. The maximum absolute atomic E-state index is 4.58. The quantitative estimate of drug-likeness (QED) is 0.842. The van der Waals surface area contributed by atoms with Crippen molar-refractivity contribution in [2.75, 3.05) is 19.1 Å². The van der Waals surface area contributed by atoms with Gasteiger partial charge in [0.1, 0.15) is 5.01 Å². The lowest BCUT2D eigenvalue weighted by atomic mass is 10.2. The van der Waals surface area contributed by atoms with Crippen LogP contribution in [0.3, 0.4) is 0 Å². The molecule has 2 nitrogen and oxygen atoms in total. The molecule has 0 aliphatic heterocycles. The van der Waals surface area contributed by atoms with Gasteiger partial charge in [0.05, 0.1) is 11.7 Å². The fraction of sp³-hybridized carbons (Fsp3) is 0.700. The van der Waals surface area contributed by atoms with Gasteiger partial charge in [-0.25, -0.2) is 4.98 Å². The third-order valence-corrected chi connectivity index (χ3v) is 4.13. The zero-order chi connectivity index (χ0) is 10.6. The number of hydrogen-bond donors (Lipinski definition) is 1. The molecule has 1 aromatic rings. The van der Waals surface area contributed by atoms with Gasteiger partial charge < -0.3 is 5.32 Å². The molecule has 1 unspecified atom stereocenters. The average molecular weight is 230 g/mol. The number of aromatic nitrogens is 1. The Morgan fingerprint density at radius 1 is 1.50 bits per heavy atom. The summed E-state index contributed by atoms with van der Waals surface area (Å²) in [7, 11) is 2.01. The van der Waals surface area contributed by atoms with Gasteiger partial charge in [0.2, 0.25) is 0 Å². The number of hydrogen-bond acceptors (Lipinski definition) is 4. The molecule has 1 heterocycles. The number of thiazole rings is 1. The molecule has 0 radical (unpaired) electrons. The molecule has 0 saturated heterocycles. The molecule has 0 bridgehead atoms. The highest BCUT2D eigenvalue weighted by atomic mass is 32.2. The second kappa shape index (κ2) is 5.73. The van der Waals surface area contributed by atoms with Crippen molar-refractivity contribution < 1.29 is 0 Å². The van der Waals surface area contributed by atoms with Crippen LogP contribution in [-0.2, 0) is 0 Å². The monoisotopic (exact) mass is 230 g/mol. The van der Waals surface area contributed by atoms with Crippen molar-refractivity contribution >= 4 is 23.1 Å². The summed E-state index contributed by atoms with van der Waals surface area (Å²) in [6.45, 7) is 4.22. The first-order valence-electron chi connectivity index (χ1n) is 4.79. The summed E-state index contributed by atoms with van der Waals surface area (Å²) in [5.41, 5.74) is 1.18. The zero-order valence-electron chi connectivity index (χ0n) is 9.26. The first-order valence-corrected chi connectivity index (χ1v) is 7.00. The fourth-order valence-electron chi connectivity index (χ4n) is 1.27. The van der Waals surface area contributed by atoms with Crippen molar-refractivity contribution in [3.05, 3.63) is 15.6 Å². The molecule has 0 aliphatic carbocycles. The topological polar surface area (TPSA) is 24.9 Å². The zero-order valence-corrected chi connectivity index (χ0v) is 10.9. The molecule has 1 aromatic heterocycles. The second-order valence-corrected chi connectivity index (χ2v) is 5.54. The molecule has 80 valence electrons. The summed E-state index contributed by atoms with van der Waals surface area (Å²) in [6, 6.07) is 0.430. The van der Waals surface area contributed by atoms with Gasteiger partial charge in [-0.05, 0) is 39.3 Å². The van der Waals surface area contributed by atoms with Crippen LogP contribution in [0.25, 0.3) is 0 Å². The lowest BCUT2D eigenvalue weighted by Gasteiger charge is -2.11. The fourth-order valence-corrected chi connectivity index (χ4v) is 2.81. The molecule has 1 atom stereocenters. The molecule has 4 heteroatoms. The van der Waals surface area contributed by atoms with Gasteiger partial charge in [-0.15, -0.1) is 11.3 Å². The first kappa shape index (κ1) is 12.0. The normalized spacial score (nSPS) is 13.1. The van der Waals surface area contributed by atoms with E-state index in [4.69, 9.17) is 0 Å². The Morgan fingerprint density at radius 3 is 2.64 bits per heavy atom. The van der Waals surface area contributed by atoms with E-state index >= 15 is 0 Å². The molecular formula is C10H18N2S2. The van der Waals surface area contributed by atoms with Crippen LogP contribution < -0.4 is 5.32 Å². The van der Waals surface area contributed by atoms with Crippen LogP contribution in [-0.4, -0.2) is 24.0 Å². The maximum atomic E-state index is 4.58. The highest BCUT2D eigenvalue weighted by Gasteiger charge is 2.13. The highest BCUT2D eigenvalue weighted by Crippen LogP contribution is 2.25. The lowest BCUT2D eigenvalue weighted by Crippen LogP contribution is -2.16. The summed E-state index contributed by atoms with van der Waals surface area (Å²) in [5.74, 6) is 1.18. The van der Waals surface area contributed by atoms with Crippen LogP contribution in [0.5, 0.6) is 0 Å². The minimum Gasteiger partial charge on any atom is -0.311 e. The molecule has 0 amide bonds. The van der Waals surface area contributed by atoms with Gasteiger partial charge in [-0.3, -0.25) is 0 Å². The third kappa shape index (κ3) is 2.97. The Kier molecular flexibility index (Phi) is 4.92. The van der Waals surface area contributed by atoms with Crippen molar-refractivity contribution in [2.24, 2.45) is 0 Å². The minimum absolute atomic E-state index is 0.430. The molecule has 0 spiro atoms. The van der Waals surface area contributed by atoms with Gasteiger partial charge in [0.25, 0.3) is 0 Å². The van der Waals surface area contributed by atoms with E-state index in [0.717, 1.165) is 6.42 Å². The van der Waals surface area contributed by atoms with Gasteiger partial charge in [-0.1, -0.05) is 0 Å². The van der Waals surface area contributed by atoms with Crippen LogP contribution in [0.2, 0.25) is 0 Å². The number of aryl methyl sites for hydroxylation is 2. The predicted octanol–water partition coefficient (Wildman–Crippen LogP) is 2.77. The number of rotatable bonds is 5. The van der Waals surface area contributed by atoms with E-state index in [1.165, 1.54) is 21.3 Å². The van der Waals surface area contributed by atoms with Gasteiger partial charge >= 0.3 is 0 Å². The van der Waals surface area contributed by atoms with Crippen molar-refractivity contribution in [2.45, 2.75) is 26.3 Å².